The van der Waals surface area contributed by atoms with Crippen LogP contribution in [0.2, 0.25) is 0 Å². The third kappa shape index (κ3) is 1.81. The van der Waals surface area contributed by atoms with E-state index in [9.17, 15) is 4.79 Å². The maximum atomic E-state index is 11.1. The van der Waals surface area contributed by atoms with Gasteiger partial charge in [0.2, 0.25) is 0 Å². The molecule has 2 atom stereocenters. The first-order valence-corrected chi connectivity index (χ1v) is 7.16. The van der Waals surface area contributed by atoms with Gasteiger partial charge in [-0.15, -0.1) is 0 Å². The molecule has 2 unspecified atom stereocenters. The fourth-order valence-electron chi connectivity index (χ4n) is 6.22. The normalized spacial score (nSPS) is 50.6. The lowest BCUT2D eigenvalue weighted by Gasteiger charge is -2.65. The second-order valence-corrected chi connectivity index (χ2v) is 8.12. The highest BCUT2D eigenvalue weighted by molar-refractivity contribution is 5.85. The van der Waals surface area contributed by atoms with E-state index in [2.05, 4.69) is 19.9 Å². The summed E-state index contributed by atoms with van der Waals surface area (Å²) >= 11 is 0. The van der Waals surface area contributed by atoms with Gasteiger partial charge >= 0.3 is 5.97 Å². The number of hydrogen-bond acceptors (Lipinski definition) is 1. The highest BCUT2D eigenvalue weighted by atomic mass is 16.4. The molecular weight excluding hydrogens is 224 g/mol. The molecule has 2 nitrogen and oxygen atoms in total. The van der Waals surface area contributed by atoms with Crippen molar-refractivity contribution < 1.29 is 9.90 Å². The van der Waals surface area contributed by atoms with Crippen molar-refractivity contribution in [1.29, 1.82) is 0 Å². The maximum absolute atomic E-state index is 11.1. The van der Waals surface area contributed by atoms with Gasteiger partial charge in [-0.3, -0.25) is 0 Å². The Morgan fingerprint density at radius 3 is 2.11 bits per heavy atom. The van der Waals surface area contributed by atoms with Crippen LogP contribution in [0, 0.1) is 22.2 Å². The molecule has 0 aromatic heterocycles. The zero-order valence-electron chi connectivity index (χ0n) is 11.8. The van der Waals surface area contributed by atoms with Crippen molar-refractivity contribution in [3.05, 3.63) is 11.6 Å². The highest BCUT2D eigenvalue weighted by Crippen LogP contribution is 2.70. The Kier molecular flexibility index (Phi) is 2.31. The molecule has 4 fully saturated rings. The first-order chi connectivity index (χ1) is 8.23. The Hall–Kier alpha value is -0.790. The topological polar surface area (TPSA) is 37.3 Å². The summed E-state index contributed by atoms with van der Waals surface area (Å²) in [7, 11) is 0. The molecule has 0 saturated heterocycles. The van der Waals surface area contributed by atoms with Crippen molar-refractivity contribution in [2.24, 2.45) is 22.2 Å². The van der Waals surface area contributed by atoms with E-state index in [-0.39, 0.29) is 5.41 Å². The molecular formula is C16H24O2. The van der Waals surface area contributed by atoms with Crippen LogP contribution in [0.15, 0.2) is 11.6 Å². The molecule has 2 heteroatoms. The summed E-state index contributed by atoms with van der Waals surface area (Å²) in [5.74, 6) is 0.0788. The van der Waals surface area contributed by atoms with Crippen molar-refractivity contribution in [3.63, 3.8) is 0 Å². The van der Waals surface area contributed by atoms with E-state index < -0.39 is 5.97 Å². The number of rotatable bonds is 2. The van der Waals surface area contributed by atoms with Crippen LogP contribution in [0.3, 0.4) is 0 Å². The zero-order valence-corrected chi connectivity index (χ0v) is 11.8. The molecule has 4 aliphatic carbocycles. The van der Waals surface area contributed by atoms with Gasteiger partial charge in [-0.2, -0.15) is 0 Å². The van der Waals surface area contributed by atoms with E-state index in [0.717, 1.165) is 5.92 Å². The average molecular weight is 248 g/mol. The minimum absolute atomic E-state index is 0.186. The van der Waals surface area contributed by atoms with Crippen molar-refractivity contribution in [3.8, 4) is 0 Å². The van der Waals surface area contributed by atoms with Gasteiger partial charge in [0.05, 0.1) is 0 Å². The van der Waals surface area contributed by atoms with Crippen molar-refractivity contribution >= 4 is 5.97 Å². The molecule has 4 rings (SSSR count). The number of hydrogen-bond donors (Lipinski definition) is 1. The van der Waals surface area contributed by atoms with Gasteiger partial charge in [0.1, 0.15) is 0 Å². The Labute approximate surface area is 109 Å². The molecule has 0 aliphatic heterocycles. The van der Waals surface area contributed by atoms with Crippen LogP contribution in [0.25, 0.3) is 0 Å². The number of aliphatic carboxylic acids is 1. The largest absolute Gasteiger partial charge is 0.478 e. The lowest BCUT2D eigenvalue weighted by molar-refractivity contribution is -0.134. The smallest absolute Gasteiger partial charge is 0.330 e. The lowest BCUT2D eigenvalue weighted by atomic mass is 9.40. The first kappa shape index (κ1) is 12.3. The average Bonchev–Trinajstić information content (AvgIpc) is 2.09. The fraction of sp³-hybridized carbons (Fsp3) is 0.812. The van der Waals surface area contributed by atoms with Gasteiger partial charge in [0.15, 0.2) is 0 Å². The van der Waals surface area contributed by atoms with Crippen LogP contribution in [0.1, 0.15) is 59.3 Å². The van der Waals surface area contributed by atoms with Crippen LogP contribution >= 0.6 is 0 Å². The summed E-state index contributed by atoms with van der Waals surface area (Å²) < 4.78 is 0. The first-order valence-electron chi connectivity index (χ1n) is 7.16. The Morgan fingerprint density at radius 2 is 1.67 bits per heavy atom. The molecule has 0 radical (unpaired) electrons. The quantitative estimate of drug-likeness (QED) is 0.750. The standard InChI is InChI=1S/C16H24O2/c1-11(13(17)18)4-16-7-12-5-14(2,9-16)8-15(3,6-12)10-16/h4,12H,5-10H2,1-3H3,(H,17,18). The number of allylic oxidation sites excluding steroid dienone is 1. The van der Waals surface area contributed by atoms with Crippen LogP contribution < -0.4 is 0 Å². The van der Waals surface area contributed by atoms with Crippen LogP contribution in [0.5, 0.6) is 0 Å². The predicted octanol–water partition coefficient (Wildman–Crippen LogP) is 4.01. The minimum Gasteiger partial charge on any atom is -0.478 e. The Morgan fingerprint density at radius 1 is 1.11 bits per heavy atom. The molecule has 100 valence electrons. The zero-order chi connectivity index (χ0) is 13.2. The van der Waals surface area contributed by atoms with E-state index in [0.29, 0.717) is 16.4 Å². The minimum atomic E-state index is -0.749. The van der Waals surface area contributed by atoms with Crippen LogP contribution in [-0.4, -0.2) is 11.1 Å². The highest BCUT2D eigenvalue weighted by Gasteiger charge is 2.59. The van der Waals surface area contributed by atoms with E-state index >= 15 is 0 Å². The van der Waals surface area contributed by atoms with Gasteiger partial charge in [-0.05, 0) is 67.6 Å². The SMILES string of the molecule is CC(=CC12CC3CC(C)(CC(C)(C3)C1)C2)C(=O)O. The molecule has 18 heavy (non-hydrogen) atoms. The second-order valence-electron chi connectivity index (χ2n) is 8.12. The maximum Gasteiger partial charge on any atom is 0.330 e. The predicted molar refractivity (Wildman–Crippen MR) is 71.2 cm³/mol. The monoisotopic (exact) mass is 248 g/mol. The fourth-order valence-corrected chi connectivity index (χ4v) is 6.22. The second kappa shape index (κ2) is 3.40. The molecule has 0 aromatic carbocycles. The molecule has 4 bridgehead atoms. The molecule has 0 spiro atoms. The van der Waals surface area contributed by atoms with E-state index in [1.54, 1.807) is 6.92 Å². The van der Waals surface area contributed by atoms with E-state index in [1.165, 1.54) is 38.5 Å². The summed E-state index contributed by atoms with van der Waals surface area (Å²) in [6.07, 6.45) is 9.82. The van der Waals surface area contributed by atoms with Gasteiger partial charge in [0, 0.05) is 5.57 Å². The van der Waals surface area contributed by atoms with Crippen molar-refractivity contribution in [2.45, 2.75) is 59.3 Å². The van der Waals surface area contributed by atoms with Crippen LogP contribution in [0.4, 0.5) is 0 Å². The third-order valence-electron chi connectivity index (χ3n) is 5.53. The number of carboxylic acids is 1. The summed E-state index contributed by atoms with van der Waals surface area (Å²) in [5.41, 5.74) is 1.65. The summed E-state index contributed by atoms with van der Waals surface area (Å²) in [5, 5.41) is 9.14. The van der Waals surface area contributed by atoms with E-state index in [4.69, 9.17) is 5.11 Å². The van der Waals surface area contributed by atoms with Crippen molar-refractivity contribution in [1.82, 2.24) is 0 Å². The van der Waals surface area contributed by atoms with E-state index in [1.807, 2.05) is 0 Å². The van der Waals surface area contributed by atoms with Crippen LogP contribution in [-0.2, 0) is 4.79 Å². The summed E-state index contributed by atoms with van der Waals surface area (Å²) in [6, 6.07) is 0. The molecule has 4 saturated carbocycles. The van der Waals surface area contributed by atoms with Gasteiger partial charge < -0.3 is 5.11 Å². The Balaban J connectivity index is 1.99. The summed E-state index contributed by atoms with van der Waals surface area (Å²) in [4.78, 5) is 11.1. The van der Waals surface area contributed by atoms with Crippen molar-refractivity contribution in [2.75, 3.05) is 0 Å². The number of carboxylic acid groups (broad SMARTS) is 1. The molecule has 0 heterocycles. The molecule has 0 aromatic rings. The molecule has 4 aliphatic rings. The third-order valence-corrected chi connectivity index (χ3v) is 5.53. The summed E-state index contributed by atoms with van der Waals surface area (Å²) in [6.45, 7) is 6.61. The van der Waals surface area contributed by atoms with Gasteiger partial charge in [-0.1, -0.05) is 19.9 Å². The molecule has 1 N–H and O–H groups in total. The van der Waals surface area contributed by atoms with Gasteiger partial charge in [0.25, 0.3) is 0 Å². The van der Waals surface area contributed by atoms with Gasteiger partial charge in [-0.25, -0.2) is 4.79 Å². The lowest BCUT2D eigenvalue weighted by Crippen LogP contribution is -2.54. The number of carbonyl (C=O) groups is 1. The Bertz CT molecular complexity index is 416. The molecule has 0 amide bonds.